The zero-order chi connectivity index (χ0) is 16.9. The van der Waals surface area contributed by atoms with Crippen molar-refractivity contribution in [3.8, 4) is 0 Å². The number of benzene rings is 1. The van der Waals surface area contributed by atoms with E-state index in [1.54, 1.807) is 6.92 Å². The van der Waals surface area contributed by atoms with E-state index in [1.165, 1.54) is 11.0 Å². The van der Waals surface area contributed by atoms with Gasteiger partial charge in [0, 0.05) is 5.56 Å². The van der Waals surface area contributed by atoms with E-state index in [-0.39, 0.29) is 12.5 Å². The van der Waals surface area contributed by atoms with Gasteiger partial charge in [0.25, 0.3) is 0 Å². The highest BCUT2D eigenvalue weighted by molar-refractivity contribution is 6.86. The van der Waals surface area contributed by atoms with Crippen LogP contribution in [0.5, 0.6) is 0 Å². The molecule has 0 saturated heterocycles. The molecule has 0 aliphatic rings. The summed E-state index contributed by atoms with van der Waals surface area (Å²) in [5.74, 6) is 0.0843. The molecule has 1 nitrogen and oxygen atoms in total. The first-order chi connectivity index (χ1) is 10.3. The first kappa shape index (κ1) is 18.0. The number of carbonyl (C=O) groups excluding carboxylic acids is 1. The zero-order valence-corrected chi connectivity index (χ0v) is 14.4. The lowest BCUT2D eigenvalue weighted by atomic mass is 9.34. The molecule has 0 fully saturated rings. The Balaban J connectivity index is 3.41. The number of hydrogen-bond acceptors (Lipinski definition) is 1. The van der Waals surface area contributed by atoms with E-state index in [2.05, 4.69) is 40.0 Å². The molecule has 0 saturated carbocycles. The molecule has 0 spiro atoms. The Morgan fingerprint density at radius 3 is 2.05 bits per heavy atom. The summed E-state index contributed by atoms with van der Waals surface area (Å²) in [7, 11) is 0. The molecule has 114 valence electrons. The Hall–Kier alpha value is -2.09. The van der Waals surface area contributed by atoms with Crippen molar-refractivity contribution >= 4 is 18.0 Å². The van der Waals surface area contributed by atoms with Crippen LogP contribution in [0.15, 0.2) is 71.7 Å². The maximum Gasteiger partial charge on any atom is 0.236 e. The molecule has 0 radical (unpaired) electrons. The van der Waals surface area contributed by atoms with Gasteiger partial charge in [0.05, 0.1) is 0 Å². The largest absolute Gasteiger partial charge is 0.295 e. The van der Waals surface area contributed by atoms with Crippen molar-refractivity contribution in [2.75, 3.05) is 0 Å². The van der Waals surface area contributed by atoms with Gasteiger partial charge in [-0.3, -0.25) is 4.79 Å². The molecule has 0 aliphatic carbocycles. The second kappa shape index (κ2) is 7.79. The van der Waals surface area contributed by atoms with Gasteiger partial charge < -0.3 is 0 Å². The Morgan fingerprint density at radius 2 is 1.64 bits per heavy atom. The molecule has 0 N–H and O–H groups in total. The van der Waals surface area contributed by atoms with E-state index < -0.39 is 0 Å². The highest BCUT2D eigenvalue weighted by Gasteiger charge is 2.24. The Labute approximate surface area is 135 Å². The van der Waals surface area contributed by atoms with Crippen LogP contribution < -0.4 is 5.46 Å². The summed E-state index contributed by atoms with van der Waals surface area (Å²) in [6.07, 6.45) is 3.96. The minimum absolute atomic E-state index is 0.0843. The average molecular weight is 292 g/mol. The fourth-order valence-corrected chi connectivity index (χ4v) is 2.42. The number of rotatable bonds is 6. The molecule has 1 aromatic carbocycles. The first-order valence-corrected chi connectivity index (χ1v) is 7.56. The summed E-state index contributed by atoms with van der Waals surface area (Å²) < 4.78 is 0. The van der Waals surface area contributed by atoms with E-state index in [4.69, 9.17) is 0 Å². The second-order valence-electron chi connectivity index (χ2n) is 5.68. The van der Waals surface area contributed by atoms with Gasteiger partial charge >= 0.3 is 0 Å². The molecular weight excluding hydrogens is 267 g/mol. The number of ketones is 1. The van der Waals surface area contributed by atoms with Gasteiger partial charge in [-0.2, -0.15) is 0 Å². The topological polar surface area (TPSA) is 17.1 Å². The Bertz CT molecular complexity index is 645. The minimum atomic E-state index is 0.0843. The van der Waals surface area contributed by atoms with Crippen molar-refractivity contribution in [2.45, 2.75) is 34.6 Å². The van der Waals surface area contributed by atoms with E-state index >= 15 is 0 Å². The number of carbonyl (C=O) groups is 1. The van der Waals surface area contributed by atoms with Crippen molar-refractivity contribution in [2.24, 2.45) is 0 Å². The summed E-state index contributed by atoms with van der Waals surface area (Å²) in [6, 6.07) is 7.82. The van der Waals surface area contributed by atoms with Gasteiger partial charge in [0.1, 0.15) is 0 Å². The minimum Gasteiger partial charge on any atom is -0.295 e. The molecule has 2 heteroatoms. The molecule has 22 heavy (non-hydrogen) atoms. The molecule has 0 heterocycles. The zero-order valence-electron chi connectivity index (χ0n) is 14.4. The molecule has 0 atom stereocenters. The second-order valence-corrected chi connectivity index (χ2v) is 5.68. The summed E-state index contributed by atoms with van der Waals surface area (Å²) in [5.41, 5.74) is 6.53. The lowest BCUT2D eigenvalue weighted by molar-refractivity contribution is 0.101. The molecule has 1 aromatic rings. The normalized spacial score (nSPS) is 12.5. The summed E-state index contributed by atoms with van der Waals surface area (Å²) in [5, 5.41) is 0. The van der Waals surface area contributed by atoms with E-state index in [9.17, 15) is 4.79 Å². The molecule has 0 amide bonds. The Morgan fingerprint density at radius 1 is 1.09 bits per heavy atom. The monoisotopic (exact) mass is 292 g/mol. The highest BCUT2D eigenvalue weighted by atomic mass is 16.1. The first-order valence-electron chi connectivity index (χ1n) is 7.56. The van der Waals surface area contributed by atoms with Gasteiger partial charge in [-0.25, -0.2) is 0 Å². The summed E-state index contributed by atoms with van der Waals surface area (Å²) in [6.45, 7) is 18.1. The van der Waals surface area contributed by atoms with Crippen molar-refractivity contribution in [1.29, 1.82) is 0 Å². The van der Waals surface area contributed by atoms with Crippen molar-refractivity contribution < 1.29 is 4.79 Å². The molecule has 0 bridgehead atoms. The number of allylic oxidation sites excluding steroid dienone is 6. The van der Waals surface area contributed by atoms with Crippen LogP contribution in [0.4, 0.5) is 0 Å². The number of hydrogen-bond donors (Lipinski definition) is 0. The van der Waals surface area contributed by atoms with Crippen LogP contribution >= 0.6 is 0 Å². The van der Waals surface area contributed by atoms with Crippen LogP contribution in [0.25, 0.3) is 0 Å². The lowest BCUT2D eigenvalue weighted by Crippen LogP contribution is -2.35. The van der Waals surface area contributed by atoms with E-state index in [0.717, 1.165) is 22.1 Å². The fraction of sp³-hybridized carbons (Fsp3) is 0.250. The fourth-order valence-electron chi connectivity index (χ4n) is 2.42. The number of Topliss-reactive ketones (excluding diaryl/α,β-unsaturated/α-hetero) is 1. The van der Waals surface area contributed by atoms with Crippen LogP contribution in [0.3, 0.4) is 0 Å². The predicted octanol–water partition coefficient (Wildman–Crippen LogP) is 4.71. The third-order valence-corrected chi connectivity index (χ3v) is 4.30. The van der Waals surface area contributed by atoms with Crippen LogP contribution in [-0.2, 0) is 0 Å². The van der Waals surface area contributed by atoms with Gasteiger partial charge in [-0.05, 0) is 27.7 Å². The van der Waals surface area contributed by atoms with Crippen molar-refractivity contribution in [1.82, 2.24) is 0 Å². The van der Waals surface area contributed by atoms with Gasteiger partial charge in [-0.1, -0.05) is 77.5 Å². The summed E-state index contributed by atoms with van der Waals surface area (Å²) in [4.78, 5) is 11.5. The lowest BCUT2D eigenvalue weighted by Gasteiger charge is -2.20. The van der Waals surface area contributed by atoms with Gasteiger partial charge in [0.2, 0.25) is 6.71 Å². The molecule has 0 aromatic heterocycles. The molecular formula is C20H25BO. The van der Waals surface area contributed by atoms with Crippen LogP contribution in [0.2, 0.25) is 0 Å². The standard InChI is InChI=1S/C20H25BO/c1-8-14(3)16(5)21(17(6)15(4)9-2)20-12-10-19(11-13-20)18(7)22/h8-13H,1,6H2,2-5,7H3. The van der Waals surface area contributed by atoms with Crippen LogP contribution in [0, 0.1) is 0 Å². The van der Waals surface area contributed by atoms with E-state index in [1.807, 2.05) is 37.3 Å². The SMILES string of the molecule is C=CC(C)=C(C)B(C(=C)C(C)=CC)c1ccc(C(C)=O)cc1. The van der Waals surface area contributed by atoms with Crippen LogP contribution in [0.1, 0.15) is 45.0 Å². The van der Waals surface area contributed by atoms with Crippen LogP contribution in [-0.4, -0.2) is 12.5 Å². The third-order valence-electron chi connectivity index (χ3n) is 4.30. The highest BCUT2D eigenvalue weighted by Crippen LogP contribution is 2.20. The molecule has 0 aliphatic heterocycles. The maximum absolute atomic E-state index is 11.5. The predicted molar refractivity (Wildman–Crippen MR) is 99.0 cm³/mol. The summed E-state index contributed by atoms with van der Waals surface area (Å²) >= 11 is 0. The van der Waals surface area contributed by atoms with Gasteiger partial charge in [0.15, 0.2) is 5.78 Å². The third kappa shape index (κ3) is 3.97. The van der Waals surface area contributed by atoms with Gasteiger partial charge in [-0.15, -0.1) is 6.58 Å². The molecule has 1 rings (SSSR count). The smallest absolute Gasteiger partial charge is 0.236 e. The van der Waals surface area contributed by atoms with E-state index in [0.29, 0.717) is 0 Å². The Kier molecular flexibility index (Phi) is 6.36. The quantitative estimate of drug-likeness (QED) is 0.421. The average Bonchev–Trinajstić information content (AvgIpc) is 2.53. The van der Waals surface area contributed by atoms with Crippen molar-refractivity contribution in [3.05, 3.63) is 77.2 Å². The maximum atomic E-state index is 11.5. The molecule has 0 unspecified atom stereocenters. The van der Waals surface area contributed by atoms with Crippen molar-refractivity contribution in [3.63, 3.8) is 0 Å².